The molecule has 2 heterocycles. The third-order valence-electron chi connectivity index (χ3n) is 4.27. The van der Waals surface area contributed by atoms with Crippen LogP contribution in [0, 0.1) is 0 Å². The highest BCUT2D eigenvalue weighted by Gasteiger charge is 2.12. The number of fused-ring (bicyclic) bond motifs is 1. The predicted molar refractivity (Wildman–Crippen MR) is 110 cm³/mol. The minimum atomic E-state index is 0. The largest absolute Gasteiger partial charge is 1.00 e. The van der Waals surface area contributed by atoms with Gasteiger partial charge in [0.1, 0.15) is 6.54 Å². The van der Waals surface area contributed by atoms with E-state index in [2.05, 4.69) is 91.9 Å². The molecule has 0 unspecified atom stereocenters. The maximum absolute atomic E-state index is 4.23. The van der Waals surface area contributed by atoms with Crippen LogP contribution in [0.5, 0.6) is 0 Å². The van der Waals surface area contributed by atoms with Crippen LogP contribution in [0.3, 0.4) is 0 Å². The molecule has 2 N–H and O–H groups in total. The van der Waals surface area contributed by atoms with Crippen LogP contribution in [0.1, 0.15) is 11.1 Å². The first-order chi connectivity index (χ1) is 12.3. The number of halogens is 2. The molecule has 3 aromatic rings. The van der Waals surface area contributed by atoms with Crippen molar-refractivity contribution in [2.75, 3.05) is 13.1 Å². The number of nitrogens with zero attached hydrogens (tertiary/aromatic N) is 4. The number of aryl methyl sites for hydroxylation is 1. The molecule has 142 valence electrons. The third-order valence-corrected chi connectivity index (χ3v) is 4.27. The minimum Gasteiger partial charge on any atom is -1.00 e. The Morgan fingerprint density at radius 1 is 1.22 bits per heavy atom. The quantitative estimate of drug-likeness (QED) is 0.277. The molecule has 0 radical (unpaired) electrons. The second kappa shape index (κ2) is 9.66. The maximum atomic E-state index is 4.23. The highest BCUT2D eigenvalue weighted by atomic mass is 79.9. The van der Waals surface area contributed by atoms with Crippen molar-refractivity contribution in [3.05, 3.63) is 66.0 Å². The normalized spacial score (nSPS) is 13.0. The summed E-state index contributed by atoms with van der Waals surface area (Å²) in [6.07, 6.45) is 3.94. The summed E-state index contributed by atoms with van der Waals surface area (Å²) in [5.74, 6) is 0.736. The number of benzene rings is 2. The van der Waals surface area contributed by atoms with Crippen LogP contribution in [0.4, 0.5) is 0 Å². The molecule has 0 spiro atoms. The average Bonchev–Trinajstić information content (AvgIpc) is 3.26. The summed E-state index contributed by atoms with van der Waals surface area (Å²) in [6.45, 7) is 2.52. The molecule has 0 aliphatic carbocycles. The van der Waals surface area contributed by atoms with Gasteiger partial charge in [-0.3, -0.25) is 0 Å². The van der Waals surface area contributed by atoms with Gasteiger partial charge in [0.05, 0.1) is 19.8 Å². The summed E-state index contributed by atoms with van der Waals surface area (Å²) in [4.78, 5) is 4.23. The number of aromatic nitrogens is 2. The van der Waals surface area contributed by atoms with Crippen molar-refractivity contribution in [3.8, 4) is 0 Å². The summed E-state index contributed by atoms with van der Waals surface area (Å²) in [7, 11) is 2.08. The van der Waals surface area contributed by atoms with Crippen molar-refractivity contribution in [3.63, 3.8) is 0 Å². The lowest BCUT2D eigenvalue weighted by Crippen LogP contribution is -3.00. The molecule has 0 fully saturated rings. The molecule has 1 aliphatic rings. The van der Waals surface area contributed by atoms with E-state index in [1.165, 1.54) is 16.6 Å². The van der Waals surface area contributed by atoms with Gasteiger partial charge in [0.2, 0.25) is 12.3 Å². The molecule has 1 aliphatic heterocycles. The lowest BCUT2D eigenvalue weighted by atomic mass is 10.1. The van der Waals surface area contributed by atoms with Crippen LogP contribution in [0.15, 0.2) is 65.0 Å². The van der Waals surface area contributed by atoms with Crippen LogP contribution in [-0.4, -0.2) is 29.8 Å². The average molecular weight is 494 g/mol. The first kappa shape index (κ1) is 21.1. The number of aliphatic imine (C=N–C) groups is 1. The summed E-state index contributed by atoms with van der Waals surface area (Å²) < 4.78 is 4.42. The van der Waals surface area contributed by atoms with Gasteiger partial charge in [-0.05, 0) is 23.3 Å². The Bertz CT molecular complexity index is 946. The first-order valence-electron chi connectivity index (χ1n) is 8.39. The van der Waals surface area contributed by atoms with Gasteiger partial charge in [-0.25, -0.2) is 19.6 Å². The second-order valence-corrected chi connectivity index (χ2v) is 6.11. The van der Waals surface area contributed by atoms with E-state index in [1.807, 2.05) is 0 Å². The van der Waals surface area contributed by atoms with Crippen LogP contribution < -0.4 is 32.3 Å². The molecular formula is C19H22Br2N6. The number of para-hydroxylation sites is 2. The third kappa shape index (κ3) is 4.95. The monoisotopic (exact) mass is 492 g/mol. The van der Waals surface area contributed by atoms with Crippen molar-refractivity contribution in [2.24, 2.45) is 17.1 Å². The minimum absolute atomic E-state index is 0. The molecule has 2 aromatic carbocycles. The van der Waals surface area contributed by atoms with Gasteiger partial charge in [0.25, 0.3) is 0 Å². The van der Waals surface area contributed by atoms with Crippen LogP contribution in [-0.2, 0) is 13.6 Å². The lowest BCUT2D eigenvalue weighted by molar-refractivity contribution is -0.645. The zero-order chi connectivity index (χ0) is 17.1. The number of hydrazone groups is 1. The number of nitrogens with one attached hydrogen (secondary N) is 2. The van der Waals surface area contributed by atoms with Crippen molar-refractivity contribution in [2.45, 2.75) is 6.54 Å². The molecule has 0 saturated carbocycles. The molecule has 8 heteroatoms. The van der Waals surface area contributed by atoms with Gasteiger partial charge in [-0.2, -0.15) is 5.10 Å². The van der Waals surface area contributed by atoms with E-state index in [0.29, 0.717) is 0 Å². The number of hydrogen-bond acceptors (Lipinski definition) is 4. The van der Waals surface area contributed by atoms with Crippen molar-refractivity contribution in [1.29, 1.82) is 0 Å². The van der Waals surface area contributed by atoms with Crippen LogP contribution >= 0.6 is 17.0 Å². The van der Waals surface area contributed by atoms with Gasteiger partial charge in [0, 0.05) is 6.54 Å². The summed E-state index contributed by atoms with van der Waals surface area (Å²) >= 11 is 0. The molecule has 1 aromatic heterocycles. The van der Waals surface area contributed by atoms with E-state index in [0.717, 1.165) is 31.2 Å². The van der Waals surface area contributed by atoms with Gasteiger partial charge >= 0.3 is 0 Å². The fraction of sp³-hybridized carbons (Fsp3) is 0.211. The van der Waals surface area contributed by atoms with Crippen molar-refractivity contribution >= 4 is 40.2 Å². The summed E-state index contributed by atoms with van der Waals surface area (Å²) in [5.41, 5.74) is 7.70. The fourth-order valence-corrected chi connectivity index (χ4v) is 3.01. The standard InChI is InChI=1S/C19H21N6.2BrH/c1-24-14-25(18-5-3-2-4-17(18)24)13-16-8-6-15(7-9-16)12-22-23-19-20-10-11-21-19;;/h2-9,12,14H,10-11,13H2,1H3,(H2,20,21,23);2*1H/q+1;;/p-1/b22-12+;;. The molecular weight excluding hydrogens is 472 g/mol. The van der Waals surface area contributed by atoms with Crippen molar-refractivity contribution < 1.29 is 21.5 Å². The highest BCUT2D eigenvalue weighted by molar-refractivity contribution is 8.93. The maximum Gasteiger partial charge on any atom is 0.244 e. The van der Waals surface area contributed by atoms with Gasteiger partial charge in [0.15, 0.2) is 11.0 Å². The predicted octanol–water partition coefficient (Wildman–Crippen LogP) is -1.02. The Kier molecular flexibility index (Phi) is 7.55. The number of hydrogen-bond donors (Lipinski definition) is 2. The van der Waals surface area contributed by atoms with Gasteiger partial charge < -0.3 is 22.3 Å². The summed E-state index contributed by atoms with van der Waals surface area (Å²) in [6, 6.07) is 16.9. The first-order valence-corrected chi connectivity index (χ1v) is 8.39. The smallest absolute Gasteiger partial charge is 0.244 e. The van der Waals surface area contributed by atoms with E-state index in [1.54, 1.807) is 6.21 Å². The Balaban J connectivity index is 0.00000131. The molecule has 27 heavy (non-hydrogen) atoms. The highest BCUT2D eigenvalue weighted by Crippen LogP contribution is 2.13. The van der Waals surface area contributed by atoms with E-state index in [-0.39, 0.29) is 34.0 Å². The number of rotatable bonds is 4. The molecule has 0 bridgehead atoms. The number of imidazole rings is 1. The molecule has 4 rings (SSSR count). The van der Waals surface area contributed by atoms with Crippen LogP contribution in [0.2, 0.25) is 0 Å². The van der Waals surface area contributed by atoms with E-state index in [9.17, 15) is 0 Å². The van der Waals surface area contributed by atoms with Crippen molar-refractivity contribution in [1.82, 2.24) is 15.3 Å². The Labute approximate surface area is 179 Å². The van der Waals surface area contributed by atoms with E-state index >= 15 is 0 Å². The molecule has 0 atom stereocenters. The van der Waals surface area contributed by atoms with E-state index < -0.39 is 0 Å². The Hall–Kier alpha value is -2.19. The summed E-state index contributed by atoms with van der Waals surface area (Å²) in [5, 5.41) is 7.32. The van der Waals surface area contributed by atoms with Crippen LogP contribution in [0.25, 0.3) is 11.0 Å². The Morgan fingerprint density at radius 2 is 2.00 bits per heavy atom. The SMILES string of the molecule is Br.C[n+]1cn(Cc2ccc(/C=N/NC3=NCCN3)cc2)c2ccccc21.[Br-]. The fourth-order valence-electron chi connectivity index (χ4n) is 3.01. The van der Waals surface area contributed by atoms with Gasteiger partial charge in [-0.1, -0.05) is 36.4 Å². The molecule has 0 saturated heterocycles. The van der Waals surface area contributed by atoms with E-state index in [4.69, 9.17) is 0 Å². The zero-order valence-corrected chi connectivity index (χ0v) is 18.3. The topological polar surface area (TPSA) is 57.6 Å². The zero-order valence-electron chi connectivity index (χ0n) is 15.0. The molecule has 6 nitrogen and oxygen atoms in total. The number of guanidine groups is 1. The molecule has 0 amide bonds. The van der Waals surface area contributed by atoms with Gasteiger partial charge in [-0.15, -0.1) is 17.0 Å². The second-order valence-electron chi connectivity index (χ2n) is 6.11. The lowest BCUT2D eigenvalue weighted by Gasteiger charge is -2.01. The Morgan fingerprint density at radius 3 is 2.74 bits per heavy atom.